The summed E-state index contributed by atoms with van der Waals surface area (Å²) in [5.41, 5.74) is 1.15. The molecule has 0 radical (unpaired) electrons. The number of benzene rings is 2. The van der Waals surface area contributed by atoms with E-state index in [1.807, 2.05) is 0 Å². The van der Waals surface area contributed by atoms with Crippen molar-refractivity contribution in [1.82, 2.24) is 19.8 Å². The highest BCUT2D eigenvalue weighted by Crippen LogP contribution is 2.25. The molecule has 0 saturated heterocycles. The summed E-state index contributed by atoms with van der Waals surface area (Å²) in [5.74, 6) is -0.0450. The third-order valence-corrected chi connectivity index (χ3v) is 5.83. The normalized spacial score (nSPS) is 12.7. The predicted octanol–water partition coefficient (Wildman–Crippen LogP) is 2.64. The molecule has 1 heterocycles. The van der Waals surface area contributed by atoms with Gasteiger partial charge in [0.05, 0.1) is 17.8 Å². The molecule has 1 unspecified atom stereocenters. The van der Waals surface area contributed by atoms with E-state index in [2.05, 4.69) is 15.5 Å². The van der Waals surface area contributed by atoms with Gasteiger partial charge in [-0.05, 0) is 17.7 Å². The van der Waals surface area contributed by atoms with Crippen molar-refractivity contribution in [3.05, 3.63) is 71.1 Å². The van der Waals surface area contributed by atoms with E-state index >= 15 is 0 Å². The van der Waals surface area contributed by atoms with Crippen molar-refractivity contribution in [1.29, 1.82) is 0 Å². The zero-order chi connectivity index (χ0) is 21.0. The molecule has 0 bridgehead atoms. The van der Waals surface area contributed by atoms with Crippen LogP contribution in [0.1, 0.15) is 17.5 Å². The van der Waals surface area contributed by atoms with E-state index in [9.17, 15) is 13.2 Å². The van der Waals surface area contributed by atoms with Crippen LogP contribution in [0.4, 0.5) is 0 Å². The number of sulfonamides is 1. The smallest absolute Gasteiger partial charge is 0.246 e. The SMILES string of the molecule is CN(C(C(=O)NCc1nc(-c2ccccc2Cl)no1)c1ccccc1)S(C)(=O)=O. The summed E-state index contributed by atoms with van der Waals surface area (Å²) >= 11 is 6.13. The van der Waals surface area contributed by atoms with Gasteiger partial charge in [-0.25, -0.2) is 8.42 Å². The number of carbonyl (C=O) groups is 1. The second-order valence-electron chi connectivity index (χ2n) is 6.30. The fraction of sp³-hybridized carbons (Fsp3) is 0.211. The van der Waals surface area contributed by atoms with Gasteiger partial charge in [0.2, 0.25) is 27.6 Å². The molecule has 2 aromatic carbocycles. The fourth-order valence-electron chi connectivity index (χ4n) is 2.69. The molecule has 1 N–H and O–H groups in total. The molecule has 1 amide bonds. The first kappa shape index (κ1) is 21.0. The monoisotopic (exact) mass is 434 g/mol. The largest absolute Gasteiger partial charge is 0.345 e. The van der Waals surface area contributed by atoms with Gasteiger partial charge >= 0.3 is 0 Å². The number of aromatic nitrogens is 2. The Kier molecular flexibility index (Phi) is 6.31. The third-order valence-electron chi connectivity index (χ3n) is 4.25. The van der Waals surface area contributed by atoms with Crippen LogP contribution < -0.4 is 5.32 Å². The average molecular weight is 435 g/mol. The number of hydrogen-bond acceptors (Lipinski definition) is 6. The van der Waals surface area contributed by atoms with Crippen LogP contribution in [0.15, 0.2) is 59.1 Å². The molecule has 0 saturated carbocycles. The van der Waals surface area contributed by atoms with Crippen LogP contribution in [0.25, 0.3) is 11.4 Å². The Morgan fingerprint density at radius 3 is 2.48 bits per heavy atom. The fourth-order valence-corrected chi connectivity index (χ4v) is 3.51. The van der Waals surface area contributed by atoms with E-state index in [0.29, 0.717) is 22.0 Å². The highest BCUT2D eigenvalue weighted by Gasteiger charge is 2.30. The molecule has 152 valence electrons. The van der Waals surface area contributed by atoms with Crippen molar-refractivity contribution in [2.75, 3.05) is 13.3 Å². The maximum atomic E-state index is 12.8. The quantitative estimate of drug-likeness (QED) is 0.612. The van der Waals surface area contributed by atoms with Crippen LogP contribution >= 0.6 is 11.6 Å². The summed E-state index contributed by atoms with van der Waals surface area (Å²) in [4.78, 5) is 17.0. The number of likely N-dealkylation sites (N-methyl/N-ethyl adjacent to an activating group) is 1. The highest BCUT2D eigenvalue weighted by atomic mass is 35.5. The molecule has 0 aliphatic carbocycles. The number of amides is 1. The minimum absolute atomic E-state index is 0.0583. The topological polar surface area (TPSA) is 105 Å². The van der Waals surface area contributed by atoms with Crippen LogP contribution in [-0.2, 0) is 21.4 Å². The van der Waals surface area contributed by atoms with Crippen LogP contribution in [-0.4, -0.2) is 42.1 Å². The van der Waals surface area contributed by atoms with Gasteiger partial charge in [-0.3, -0.25) is 4.79 Å². The zero-order valence-corrected chi connectivity index (χ0v) is 17.3. The Morgan fingerprint density at radius 1 is 1.17 bits per heavy atom. The summed E-state index contributed by atoms with van der Waals surface area (Å²) in [6.45, 7) is -0.0583. The van der Waals surface area contributed by atoms with Crippen molar-refractivity contribution < 1.29 is 17.7 Å². The lowest BCUT2D eigenvalue weighted by Gasteiger charge is -2.25. The molecule has 0 aliphatic heterocycles. The zero-order valence-electron chi connectivity index (χ0n) is 15.7. The van der Waals surface area contributed by atoms with Crippen molar-refractivity contribution in [2.45, 2.75) is 12.6 Å². The molecule has 1 aromatic heterocycles. The Hall–Kier alpha value is -2.75. The lowest BCUT2D eigenvalue weighted by Crippen LogP contribution is -2.41. The average Bonchev–Trinajstić information content (AvgIpc) is 3.16. The minimum Gasteiger partial charge on any atom is -0.345 e. The van der Waals surface area contributed by atoms with Crippen LogP contribution in [0.3, 0.4) is 0 Å². The maximum Gasteiger partial charge on any atom is 0.246 e. The summed E-state index contributed by atoms with van der Waals surface area (Å²) in [6, 6.07) is 14.6. The van der Waals surface area contributed by atoms with E-state index < -0.39 is 22.0 Å². The number of nitrogens with one attached hydrogen (secondary N) is 1. The maximum absolute atomic E-state index is 12.8. The lowest BCUT2D eigenvalue weighted by molar-refractivity contribution is -0.125. The lowest BCUT2D eigenvalue weighted by atomic mass is 10.1. The first-order valence-electron chi connectivity index (χ1n) is 8.60. The van der Waals surface area contributed by atoms with Crippen molar-refractivity contribution in [3.63, 3.8) is 0 Å². The molecule has 8 nitrogen and oxygen atoms in total. The summed E-state index contributed by atoms with van der Waals surface area (Å²) < 4.78 is 30.2. The number of halogens is 1. The molecular weight excluding hydrogens is 416 g/mol. The molecule has 0 fully saturated rings. The van der Waals surface area contributed by atoms with E-state index in [-0.39, 0.29) is 12.4 Å². The molecule has 10 heteroatoms. The van der Waals surface area contributed by atoms with Gasteiger partial charge in [0.1, 0.15) is 6.04 Å². The van der Waals surface area contributed by atoms with Crippen molar-refractivity contribution in [2.24, 2.45) is 0 Å². The molecular formula is C19H19ClN4O4S. The molecule has 3 aromatic rings. The van der Waals surface area contributed by atoms with E-state index in [0.717, 1.165) is 10.6 Å². The van der Waals surface area contributed by atoms with Crippen LogP contribution in [0, 0.1) is 0 Å². The Labute approximate surface area is 173 Å². The second kappa shape index (κ2) is 8.73. The predicted molar refractivity (Wildman–Crippen MR) is 108 cm³/mol. The standard InChI is InChI=1S/C19H19ClN4O4S/c1-24(29(2,26)27)17(13-8-4-3-5-9-13)19(25)21-12-16-22-18(23-28-16)14-10-6-7-11-15(14)20/h3-11,17H,12H2,1-2H3,(H,21,25). The van der Waals surface area contributed by atoms with Gasteiger partial charge in [0.25, 0.3) is 0 Å². The second-order valence-corrected chi connectivity index (χ2v) is 8.75. The molecule has 0 spiro atoms. The van der Waals surface area contributed by atoms with Gasteiger partial charge in [-0.2, -0.15) is 9.29 Å². The number of hydrogen-bond donors (Lipinski definition) is 1. The minimum atomic E-state index is -3.61. The van der Waals surface area contributed by atoms with E-state index in [1.54, 1.807) is 54.6 Å². The van der Waals surface area contributed by atoms with Crippen molar-refractivity contribution >= 4 is 27.5 Å². The molecule has 1 atom stereocenters. The first-order chi connectivity index (χ1) is 13.8. The molecule has 3 rings (SSSR count). The van der Waals surface area contributed by atoms with Crippen LogP contribution in [0.5, 0.6) is 0 Å². The van der Waals surface area contributed by atoms with Gasteiger partial charge in [-0.15, -0.1) is 0 Å². The van der Waals surface area contributed by atoms with E-state index in [4.69, 9.17) is 16.1 Å². The number of nitrogens with zero attached hydrogens (tertiary/aromatic N) is 3. The summed E-state index contributed by atoms with van der Waals surface area (Å²) in [6.07, 6.45) is 1.05. The summed E-state index contributed by atoms with van der Waals surface area (Å²) in [7, 11) is -2.25. The van der Waals surface area contributed by atoms with Gasteiger partial charge < -0.3 is 9.84 Å². The highest BCUT2D eigenvalue weighted by molar-refractivity contribution is 7.88. The first-order valence-corrected chi connectivity index (χ1v) is 10.8. The Bertz CT molecular complexity index is 1100. The third kappa shape index (κ3) is 5.00. The van der Waals surface area contributed by atoms with Crippen molar-refractivity contribution in [3.8, 4) is 11.4 Å². The Balaban J connectivity index is 1.77. The Morgan fingerprint density at radius 2 is 1.83 bits per heavy atom. The molecule has 0 aliphatic rings. The van der Waals surface area contributed by atoms with Crippen LogP contribution in [0.2, 0.25) is 5.02 Å². The summed E-state index contributed by atoms with van der Waals surface area (Å²) in [5, 5.41) is 7.00. The van der Waals surface area contributed by atoms with E-state index in [1.165, 1.54) is 7.05 Å². The van der Waals surface area contributed by atoms with Gasteiger partial charge in [0, 0.05) is 12.6 Å². The van der Waals surface area contributed by atoms with Gasteiger partial charge in [-0.1, -0.05) is 59.2 Å². The van der Waals surface area contributed by atoms with Gasteiger partial charge in [0.15, 0.2) is 0 Å². The molecule has 29 heavy (non-hydrogen) atoms. The number of rotatable bonds is 7. The number of carbonyl (C=O) groups excluding carboxylic acids is 1.